The molecule has 0 bridgehead atoms. The molecule has 2 aliphatic rings. The maximum Gasteiger partial charge on any atom is 0.276 e. The fourth-order valence-electron chi connectivity index (χ4n) is 3.11. The summed E-state index contributed by atoms with van der Waals surface area (Å²) in [7, 11) is 1.64. The summed E-state index contributed by atoms with van der Waals surface area (Å²) in [5.41, 5.74) is 2.17. The first-order valence-corrected chi connectivity index (χ1v) is 8.31. The average molecular weight is 344 g/mol. The van der Waals surface area contributed by atoms with Crippen LogP contribution in [0.25, 0.3) is 0 Å². The Kier molecular flexibility index (Phi) is 4.37. The predicted octanol–water partition coefficient (Wildman–Crippen LogP) is 1.03. The standard InChI is InChI=1S/C17H20N4O4/c1-23-13-4-2-12(3-5-13)15-10-21-14(11-25-15)16(18-19-21)17(22)20-6-8-24-9-7-20/h2-5,15H,6-11H2,1H3/t15-/m1/s1. The second-order valence-electron chi connectivity index (χ2n) is 6.04. The van der Waals surface area contributed by atoms with Crippen LogP contribution in [0.1, 0.15) is 27.8 Å². The highest BCUT2D eigenvalue weighted by molar-refractivity contribution is 5.93. The van der Waals surface area contributed by atoms with Crippen LogP contribution in [-0.2, 0) is 22.6 Å². The smallest absolute Gasteiger partial charge is 0.276 e. The van der Waals surface area contributed by atoms with Crippen molar-refractivity contribution in [2.75, 3.05) is 33.4 Å². The van der Waals surface area contributed by atoms with E-state index in [1.165, 1.54) is 0 Å². The largest absolute Gasteiger partial charge is 0.497 e. The van der Waals surface area contributed by atoms with Crippen molar-refractivity contribution in [3.8, 4) is 5.75 Å². The zero-order valence-corrected chi connectivity index (χ0v) is 14.1. The Bertz CT molecular complexity index is 753. The molecule has 2 aliphatic heterocycles. The molecule has 2 aromatic rings. The Morgan fingerprint density at radius 2 is 2.00 bits per heavy atom. The molecule has 0 unspecified atom stereocenters. The van der Waals surface area contributed by atoms with Gasteiger partial charge in [0.1, 0.15) is 11.9 Å². The minimum absolute atomic E-state index is 0.101. The molecule has 0 radical (unpaired) electrons. The van der Waals surface area contributed by atoms with Crippen molar-refractivity contribution >= 4 is 5.91 Å². The third-order valence-electron chi connectivity index (χ3n) is 4.59. The van der Waals surface area contributed by atoms with Crippen LogP contribution in [0.4, 0.5) is 0 Å². The maximum absolute atomic E-state index is 12.6. The molecule has 1 aromatic carbocycles. The number of morpholine rings is 1. The topological polar surface area (TPSA) is 78.7 Å². The first kappa shape index (κ1) is 16.0. The fraction of sp³-hybridized carbons (Fsp3) is 0.471. The SMILES string of the molecule is COc1ccc([C@H]2Cn3nnc(C(=O)N4CCOCC4)c3CO2)cc1. The highest BCUT2D eigenvalue weighted by Gasteiger charge is 2.30. The number of amides is 1. The zero-order valence-electron chi connectivity index (χ0n) is 14.1. The van der Waals surface area contributed by atoms with Crippen LogP contribution in [0.3, 0.4) is 0 Å². The van der Waals surface area contributed by atoms with E-state index in [1.807, 2.05) is 24.3 Å². The summed E-state index contributed by atoms with van der Waals surface area (Å²) in [6.45, 7) is 3.14. The summed E-state index contributed by atoms with van der Waals surface area (Å²) in [5.74, 6) is 0.704. The molecule has 0 N–H and O–H groups in total. The number of carbonyl (C=O) groups is 1. The van der Waals surface area contributed by atoms with Crippen LogP contribution in [-0.4, -0.2) is 59.2 Å². The molecular formula is C17H20N4O4. The molecule has 1 atom stereocenters. The van der Waals surface area contributed by atoms with E-state index in [-0.39, 0.29) is 12.0 Å². The zero-order chi connectivity index (χ0) is 17.2. The van der Waals surface area contributed by atoms with Gasteiger partial charge in [0.25, 0.3) is 5.91 Å². The second-order valence-corrected chi connectivity index (χ2v) is 6.04. The van der Waals surface area contributed by atoms with Crippen LogP contribution in [0.15, 0.2) is 24.3 Å². The number of carbonyl (C=O) groups excluding carboxylic acids is 1. The monoisotopic (exact) mass is 344 g/mol. The molecule has 4 rings (SSSR count). The van der Waals surface area contributed by atoms with E-state index in [4.69, 9.17) is 14.2 Å². The molecule has 0 spiro atoms. The van der Waals surface area contributed by atoms with E-state index >= 15 is 0 Å². The van der Waals surface area contributed by atoms with Gasteiger partial charge in [0, 0.05) is 13.1 Å². The van der Waals surface area contributed by atoms with Gasteiger partial charge >= 0.3 is 0 Å². The van der Waals surface area contributed by atoms with Crippen molar-refractivity contribution in [1.82, 2.24) is 19.9 Å². The van der Waals surface area contributed by atoms with Crippen molar-refractivity contribution in [3.05, 3.63) is 41.2 Å². The Morgan fingerprint density at radius 1 is 1.24 bits per heavy atom. The van der Waals surface area contributed by atoms with Gasteiger partial charge in [-0.25, -0.2) is 4.68 Å². The highest BCUT2D eigenvalue weighted by Crippen LogP contribution is 2.28. The molecule has 1 fully saturated rings. The van der Waals surface area contributed by atoms with Crippen LogP contribution >= 0.6 is 0 Å². The Labute approximate surface area is 145 Å². The van der Waals surface area contributed by atoms with Gasteiger partial charge in [-0.3, -0.25) is 4.79 Å². The van der Waals surface area contributed by atoms with Crippen LogP contribution in [0, 0.1) is 0 Å². The lowest BCUT2D eigenvalue weighted by Crippen LogP contribution is -2.41. The van der Waals surface area contributed by atoms with Crippen molar-refractivity contribution in [1.29, 1.82) is 0 Å². The van der Waals surface area contributed by atoms with Crippen LogP contribution < -0.4 is 4.74 Å². The Morgan fingerprint density at radius 3 is 2.72 bits per heavy atom. The molecule has 1 aromatic heterocycles. The molecule has 132 valence electrons. The van der Waals surface area contributed by atoms with Crippen LogP contribution in [0.5, 0.6) is 5.75 Å². The quantitative estimate of drug-likeness (QED) is 0.828. The summed E-state index contributed by atoms with van der Waals surface area (Å²) >= 11 is 0. The molecular weight excluding hydrogens is 324 g/mol. The summed E-state index contributed by atoms with van der Waals surface area (Å²) in [6, 6.07) is 7.77. The second kappa shape index (κ2) is 6.81. The van der Waals surface area contributed by atoms with Crippen molar-refractivity contribution < 1.29 is 19.0 Å². The average Bonchev–Trinajstić information content (AvgIpc) is 3.11. The molecule has 0 saturated carbocycles. The number of hydrogen-bond donors (Lipinski definition) is 0. The Balaban J connectivity index is 1.50. The van der Waals surface area contributed by atoms with Crippen molar-refractivity contribution in [2.24, 2.45) is 0 Å². The molecule has 1 amide bonds. The van der Waals surface area contributed by atoms with E-state index < -0.39 is 0 Å². The van der Waals surface area contributed by atoms with Crippen molar-refractivity contribution in [2.45, 2.75) is 19.3 Å². The third kappa shape index (κ3) is 3.10. The normalized spacial score (nSPS) is 20.2. The number of methoxy groups -OCH3 is 1. The lowest BCUT2D eigenvalue weighted by molar-refractivity contribution is -0.00240. The number of ether oxygens (including phenoxy) is 3. The number of rotatable bonds is 3. The molecule has 8 nitrogen and oxygen atoms in total. The number of fused-ring (bicyclic) bond motifs is 1. The van der Waals surface area contributed by atoms with Gasteiger partial charge in [-0.05, 0) is 17.7 Å². The number of benzene rings is 1. The summed E-state index contributed by atoms with van der Waals surface area (Å²) < 4.78 is 18.2. The van der Waals surface area contributed by atoms with Gasteiger partial charge in [-0.1, -0.05) is 17.3 Å². The Hall–Kier alpha value is -2.45. The molecule has 3 heterocycles. The van der Waals surface area contributed by atoms with Gasteiger partial charge in [-0.15, -0.1) is 5.10 Å². The van der Waals surface area contributed by atoms with E-state index in [1.54, 1.807) is 16.7 Å². The highest BCUT2D eigenvalue weighted by atomic mass is 16.5. The van der Waals surface area contributed by atoms with Gasteiger partial charge in [0.05, 0.1) is 39.2 Å². The summed E-state index contributed by atoms with van der Waals surface area (Å²) in [4.78, 5) is 14.4. The van der Waals surface area contributed by atoms with E-state index in [9.17, 15) is 4.79 Å². The molecule has 1 saturated heterocycles. The number of hydrogen-bond acceptors (Lipinski definition) is 6. The minimum Gasteiger partial charge on any atom is -0.497 e. The lowest BCUT2D eigenvalue weighted by Gasteiger charge is -2.27. The van der Waals surface area contributed by atoms with Gasteiger partial charge in [0.2, 0.25) is 0 Å². The lowest BCUT2D eigenvalue weighted by atomic mass is 10.1. The fourth-order valence-corrected chi connectivity index (χ4v) is 3.11. The maximum atomic E-state index is 12.6. The summed E-state index contributed by atoms with van der Waals surface area (Å²) in [6.07, 6.45) is -0.119. The number of nitrogens with zero attached hydrogens (tertiary/aromatic N) is 4. The van der Waals surface area contributed by atoms with Crippen LogP contribution in [0.2, 0.25) is 0 Å². The van der Waals surface area contributed by atoms with E-state index in [0.29, 0.717) is 45.1 Å². The van der Waals surface area contributed by atoms with Gasteiger partial charge < -0.3 is 19.1 Å². The first-order valence-electron chi connectivity index (χ1n) is 8.31. The molecule has 8 heteroatoms. The predicted molar refractivity (Wildman–Crippen MR) is 87.3 cm³/mol. The minimum atomic E-state index is -0.119. The van der Waals surface area contributed by atoms with Gasteiger partial charge in [0.15, 0.2) is 5.69 Å². The van der Waals surface area contributed by atoms with Crippen molar-refractivity contribution in [3.63, 3.8) is 0 Å². The third-order valence-corrected chi connectivity index (χ3v) is 4.59. The number of aromatic nitrogens is 3. The molecule has 25 heavy (non-hydrogen) atoms. The summed E-state index contributed by atoms with van der Waals surface area (Å²) in [5, 5.41) is 8.27. The van der Waals surface area contributed by atoms with E-state index in [2.05, 4.69) is 10.3 Å². The van der Waals surface area contributed by atoms with E-state index in [0.717, 1.165) is 17.0 Å². The van der Waals surface area contributed by atoms with Gasteiger partial charge in [-0.2, -0.15) is 0 Å². The molecule has 0 aliphatic carbocycles. The first-order chi connectivity index (χ1) is 12.3.